The largest absolute Gasteiger partial charge is 0.299 e. The first-order valence-corrected chi connectivity index (χ1v) is 6.05. The monoisotopic (exact) mass is 235 g/mol. The van der Waals surface area contributed by atoms with Crippen molar-refractivity contribution >= 4 is 17.2 Å². The molecule has 1 aliphatic rings. The topological polar surface area (TPSA) is 29.4 Å². The first-order chi connectivity index (χ1) is 8.83. The number of benzene rings is 2. The molecule has 0 saturated heterocycles. The zero-order valence-electron chi connectivity index (χ0n) is 9.97. The molecule has 18 heavy (non-hydrogen) atoms. The fourth-order valence-electron chi connectivity index (χ4n) is 2.27. The highest BCUT2D eigenvalue weighted by Gasteiger charge is 2.20. The van der Waals surface area contributed by atoms with Crippen molar-refractivity contribution in [3.63, 3.8) is 0 Å². The van der Waals surface area contributed by atoms with E-state index in [1.165, 1.54) is 0 Å². The summed E-state index contributed by atoms with van der Waals surface area (Å²) in [5, 5.41) is 0. The summed E-state index contributed by atoms with van der Waals surface area (Å²) in [5.74, 6) is 0.239. The van der Waals surface area contributed by atoms with Crippen LogP contribution < -0.4 is 0 Å². The van der Waals surface area contributed by atoms with Gasteiger partial charge in [-0.3, -0.25) is 9.79 Å². The number of fused-ring (bicyclic) bond motifs is 1. The van der Waals surface area contributed by atoms with E-state index in [0.717, 1.165) is 22.5 Å². The Morgan fingerprint density at radius 1 is 0.833 bits per heavy atom. The van der Waals surface area contributed by atoms with Crippen molar-refractivity contribution in [1.29, 1.82) is 0 Å². The van der Waals surface area contributed by atoms with Crippen LogP contribution in [-0.2, 0) is 11.2 Å². The minimum Gasteiger partial charge on any atom is -0.299 e. The van der Waals surface area contributed by atoms with Gasteiger partial charge in [-0.15, -0.1) is 0 Å². The number of Topliss-reactive ketones (excluding diaryl/α,β-unsaturated/α-hetero) is 1. The number of para-hydroxylation sites is 1. The predicted molar refractivity (Wildman–Crippen MR) is 72.4 cm³/mol. The van der Waals surface area contributed by atoms with Crippen LogP contribution in [-0.4, -0.2) is 11.5 Å². The minimum atomic E-state index is 0.239. The molecule has 0 aromatic heterocycles. The van der Waals surface area contributed by atoms with Crippen LogP contribution in [0, 0.1) is 0 Å². The van der Waals surface area contributed by atoms with Gasteiger partial charge in [-0.2, -0.15) is 0 Å². The second kappa shape index (κ2) is 4.57. The van der Waals surface area contributed by atoms with Gasteiger partial charge in [0.1, 0.15) is 5.78 Å². The van der Waals surface area contributed by atoms with Crippen molar-refractivity contribution in [3.05, 3.63) is 65.7 Å². The first-order valence-electron chi connectivity index (χ1n) is 6.05. The highest BCUT2D eigenvalue weighted by atomic mass is 16.1. The fourth-order valence-corrected chi connectivity index (χ4v) is 2.27. The second-order valence-corrected chi connectivity index (χ2v) is 4.44. The smallest absolute Gasteiger partial charge is 0.143 e. The number of nitrogens with zero attached hydrogens (tertiary/aromatic N) is 1. The molecule has 0 radical (unpaired) electrons. The standard InChI is InChI=1S/C16H13NO/c18-14-10-12-6-4-5-9-15(12)16(11-14)17-13-7-2-1-3-8-13/h1-9H,10-11H2. The molecule has 0 atom stereocenters. The number of aliphatic imine (C=N–C) groups is 1. The van der Waals surface area contributed by atoms with Crippen molar-refractivity contribution in [3.8, 4) is 0 Å². The van der Waals surface area contributed by atoms with E-state index in [-0.39, 0.29) is 5.78 Å². The van der Waals surface area contributed by atoms with Crippen molar-refractivity contribution in [1.82, 2.24) is 0 Å². The summed E-state index contributed by atoms with van der Waals surface area (Å²) in [7, 11) is 0. The van der Waals surface area contributed by atoms with Crippen LogP contribution >= 0.6 is 0 Å². The average Bonchev–Trinajstić information content (AvgIpc) is 2.40. The summed E-state index contributed by atoms with van der Waals surface area (Å²) < 4.78 is 0. The number of hydrogen-bond acceptors (Lipinski definition) is 2. The quantitative estimate of drug-likeness (QED) is 0.745. The van der Waals surface area contributed by atoms with Gasteiger partial charge in [0.05, 0.1) is 11.4 Å². The molecule has 0 heterocycles. The lowest BCUT2D eigenvalue weighted by Crippen LogP contribution is -2.20. The molecule has 0 fully saturated rings. The maximum Gasteiger partial charge on any atom is 0.143 e. The lowest BCUT2D eigenvalue weighted by atomic mass is 9.89. The zero-order chi connectivity index (χ0) is 12.4. The highest BCUT2D eigenvalue weighted by Crippen LogP contribution is 2.22. The molecule has 2 aromatic rings. The minimum absolute atomic E-state index is 0.239. The molecule has 2 aromatic carbocycles. The third-order valence-electron chi connectivity index (χ3n) is 3.10. The number of hydrogen-bond donors (Lipinski definition) is 0. The van der Waals surface area contributed by atoms with Crippen LogP contribution in [0.25, 0.3) is 0 Å². The van der Waals surface area contributed by atoms with Crippen molar-refractivity contribution in [2.24, 2.45) is 4.99 Å². The van der Waals surface area contributed by atoms with Crippen LogP contribution in [0.4, 0.5) is 5.69 Å². The van der Waals surface area contributed by atoms with E-state index in [1.807, 2.05) is 54.6 Å². The Kier molecular flexibility index (Phi) is 2.77. The van der Waals surface area contributed by atoms with Gasteiger partial charge >= 0.3 is 0 Å². The van der Waals surface area contributed by atoms with Gasteiger partial charge in [0.25, 0.3) is 0 Å². The van der Waals surface area contributed by atoms with Gasteiger partial charge in [-0.1, -0.05) is 42.5 Å². The van der Waals surface area contributed by atoms with Gasteiger partial charge in [0.2, 0.25) is 0 Å². The first kappa shape index (κ1) is 10.9. The van der Waals surface area contributed by atoms with Crippen LogP contribution in [0.3, 0.4) is 0 Å². The van der Waals surface area contributed by atoms with E-state index in [4.69, 9.17) is 0 Å². The van der Waals surface area contributed by atoms with Gasteiger partial charge < -0.3 is 0 Å². The third-order valence-corrected chi connectivity index (χ3v) is 3.10. The highest BCUT2D eigenvalue weighted by molar-refractivity contribution is 6.16. The molecule has 1 aliphatic carbocycles. The Morgan fingerprint density at radius 2 is 1.56 bits per heavy atom. The maximum absolute atomic E-state index is 11.7. The SMILES string of the molecule is O=C1CC(=Nc2ccccc2)c2ccccc2C1. The number of ketones is 1. The lowest BCUT2D eigenvalue weighted by Gasteiger charge is -2.16. The summed E-state index contributed by atoms with van der Waals surface area (Å²) in [5.41, 5.74) is 3.98. The summed E-state index contributed by atoms with van der Waals surface area (Å²) >= 11 is 0. The Bertz CT molecular complexity index is 614. The fraction of sp³-hybridized carbons (Fsp3) is 0.125. The van der Waals surface area contributed by atoms with E-state index < -0.39 is 0 Å². The lowest BCUT2D eigenvalue weighted by molar-refractivity contribution is -0.117. The third kappa shape index (κ3) is 2.09. The van der Waals surface area contributed by atoms with Crippen molar-refractivity contribution in [2.75, 3.05) is 0 Å². The molecule has 0 unspecified atom stereocenters. The van der Waals surface area contributed by atoms with Crippen LogP contribution in [0.5, 0.6) is 0 Å². The number of rotatable bonds is 1. The molecule has 88 valence electrons. The van der Waals surface area contributed by atoms with E-state index in [2.05, 4.69) is 4.99 Å². The summed E-state index contributed by atoms with van der Waals surface area (Å²) in [4.78, 5) is 16.4. The van der Waals surface area contributed by atoms with Gasteiger partial charge in [-0.05, 0) is 17.7 Å². The van der Waals surface area contributed by atoms with E-state index in [0.29, 0.717) is 12.8 Å². The van der Waals surface area contributed by atoms with Gasteiger partial charge in [-0.25, -0.2) is 0 Å². The number of carbonyl (C=O) groups is 1. The van der Waals surface area contributed by atoms with E-state index in [1.54, 1.807) is 0 Å². The molecular weight excluding hydrogens is 222 g/mol. The summed E-state index contributed by atoms with van der Waals surface area (Å²) in [6, 6.07) is 17.8. The Balaban J connectivity index is 2.08. The van der Waals surface area contributed by atoms with Crippen molar-refractivity contribution < 1.29 is 4.79 Å². The van der Waals surface area contributed by atoms with Crippen molar-refractivity contribution in [2.45, 2.75) is 12.8 Å². The molecule has 2 heteroatoms. The molecule has 0 spiro atoms. The van der Waals surface area contributed by atoms with Crippen LogP contribution in [0.15, 0.2) is 59.6 Å². The molecular formula is C16H13NO. The van der Waals surface area contributed by atoms with E-state index in [9.17, 15) is 4.79 Å². The molecule has 0 aliphatic heterocycles. The Morgan fingerprint density at radius 3 is 2.39 bits per heavy atom. The second-order valence-electron chi connectivity index (χ2n) is 4.44. The predicted octanol–water partition coefficient (Wildman–Crippen LogP) is 3.32. The number of carbonyl (C=O) groups excluding carboxylic acids is 1. The maximum atomic E-state index is 11.7. The van der Waals surface area contributed by atoms with Crippen LogP contribution in [0.1, 0.15) is 17.5 Å². The van der Waals surface area contributed by atoms with E-state index >= 15 is 0 Å². The van der Waals surface area contributed by atoms with Crippen LogP contribution in [0.2, 0.25) is 0 Å². The molecule has 2 nitrogen and oxygen atoms in total. The molecule has 3 rings (SSSR count). The Hall–Kier alpha value is -2.22. The van der Waals surface area contributed by atoms with Gasteiger partial charge in [0, 0.05) is 18.4 Å². The zero-order valence-corrected chi connectivity index (χ0v) is 9.97. The average molecular weight is 235 g/mol. The van der Waals surface area contributed by atoms with Gasteiger partial charge in [0.15, 0.2) is 0 Å². The molecule has 0 N–H and O–H groups in total. The Labute approximate surface area is 106 Å². The molecule has 0 saturated carbocycles. The summed E-state index contributed by atoms with van der Waals surface area (Å²) in [6.45, 7) is 0. The molecule has 0 bridgehead atoms. The normalized spacial score (nSPS) is 16.7. The molecule has 0 amide bonds. The summed E-state index contributed by atoms with van der Waals surface area (Å²) in [6.07, 6.45) is 0.968.